The average Bonchev–Trinajstić information content (AvgIpc) is 2.68. The van der Waals surface area contributed by atoms with Gasteiger partial charge in [-0.2, -0.15) is 10.1 Å². The first-order chi connectivity index (χ1) is 6.92. The normalized spacial score (nSPS) is 17.7. The Morgan fingerprint density at radius 1 is 1.43 bits per heavy atom. The second kappa shape index (κ2) is 4.20. The number of aromatic nitrogens is 2. The highest BCUT2D eigenvalue weighted by Gasteiger charge is 2.19. The molecule has 0 amide bonds. The summed E-state index contributed by atoms with van der Waals surface area (Å²) in [6.07, 6.45) is 9.33. The van der Waals surface area contributed by atoms with E-state index in [-0.39, 0.29) is 0 Å². The van der Waals surface area contributed by atoms with E-state index in [4.69, 9.17) is 0 Å². The zero-order valence-corrected chi connectivity index (χ0v) is 7.99. The Kier molecular flexibility index (Phi) is 2.75. The molecule has 0 aliphatic heterocycles. The number of rotatable bonds is 2. The van der Waals surface area contributed by atoms with Crippen LogP contribution in [0.5, 0.6) is 0 Å². The van der Waals surface area contributed by atoms with Crippen molar-refractivity contribution in [2.45, 2.75) is 38.0 Å². The number of carbonyl (C=O) groups excluding carboxylic acids is 1. The van der Waals surface area contributed by atoms with E-state index in [1.54, 1.807) is 12.3 Å². The Bertz CT molecular complexity index is 346. The number of hydrogen-bond donors (Lipinski definition) is 1. The van der Waals surface area contributed by atoms with Crippen molar-refractivity contribution in [3.63, 3.8) is 0 Å². The Morgan fingerprint density at radius 2 is 2.21 bits per heavy atom. The van der Waals surface area contributed by atoms with Crippen molar-refractivity contribution in [2.75, 3.05) is 0 Å². The lowest BCUT2D eigenvalue weighted by molar-refractivity contribution is 0.437. The summed E-state index contributed by atoms with van der Waals surface area (Å²) in [5.41, 5.74) is 1.67. The zero-order valence-electron chi connectivity index (χ0n) is 7.99. The lowest BCUT2D eigenvalue weighted by atomic mass is 9.86. The summed E-state index contributed by atoms with van der Waals surface area (Å²) in [6, 6.07) is 0. The van der Waals surface area contributed by atoms with Crippen LogP contribution in [-0.2, 0) is 4.79 Å². The van der Waals surface area contributed by atoms with Crippen LogP contribution >= 0.6 is 0 Å². The van der Waals surface area contributed by atoms with Crippen LogP contribution in [0.1, 0.15) is 43.7 Å². The van der Waals surface area contributed by atoms with E-state index in [0.717, 1.165) is 5.69 Å². The van der Waals surface area contributed by atoms with Crippen molar-refractivity contribution in [3.05, 3.63) is 11.9 Å². The van der Waals surface area contributed by atoms with Crippen LogP contribution in [0.4, 0.5) is 5.69 Å². The largest absolute Gasteiger partial charge is 0.280 e. The van der Waals surface area contributed by atoms with Crippen molar-refractivity contribution in [1.29, 1.82) is 0 Å². The fraction of sp³-hybridized carbons (Fsp3) is 0.600. The van der Waals surface area contributed by atoms with Gasteiger partial charge < -0.3 is 0 Å². The van der Waals surface area contributed by atoms with Crippen LogP contribution in [0.3, 0.4) is 0 Å². The van der Waals surface area contributed by atoms with Crippen molar-refractivity contribution in [1.82, 2.24) is 10.2 Å². The highest BCUT2D eigenvalue weighted by atomic mass is 16.1. The maximum atomic E-state index is 10.2. The Labute approximate surface area is 82.4 Å². The first kappa shape index (κ1) is 9.16. The summed E-state index contributed by atoms with van der Waals surface area (Å²) in [4.78, 5) is 13.8. The van der Waals surface area contributed by atoms with Gasteiger partial charge in [0.25, 0.3) is 0 Å². The molecule has 4 nitrogen and oxygen atoms in total. The monoisotopic (exact) mass is 191 g/mol. The molecular weight excluding hydrogens is 178 g/mol. The molecule has 0 saturated heterocycles. The lowest BCUT2D eigenvalue weighted by Crippen LogP contribution is -2.05. The zero-order chi connectivity index (χ0) is 9.80. The molecule has 1 heterocycles. The minimum absolute atomic E-state index is 0.498. The molecule has 74 valence electrons. The Hall–Kier alpha value is -1.41. The molecule has 14 heavy (non-hydrogen) atoms. The maximum absolute atomic E-state index is 10.2. The summed E-state index contributed by atoms with van der Waals surface area (Å²) < 4.78 is 0. The predicted molar refractivity (Wildman–Crippen MR) is 52.2 cm³/mol. The molecule has 0 aromatic carbocycles. The minimum Gasteiger partial charge on any atom is -0.280 e. The Morgan fingerprint density at radius 3 is 2.93 bits per heavy atom. The number of nitrogens with one attached hydrogen (secondary N) is 1. The van der Waals surface area contributed by atoms with Gasteiger partial charge in [-0.3, -0.25) is 5.10 Å². The third-order valence-electron chi connectivity index (χ3n) is 2.83. The second-order valence-corrected chi connectivity index (χ2v) is 3.71. The number of isocyanates is 1. The van der Waals surface area contributed by atoms with Gasteiger partial charge in [0.05, 0.1) is 11.9 Å². The lowest BCUT2D eigenvalue weighted by Gasteiger charge is -2.20. The van der Waals surface area contributed by atoms with Crippen LogP contribution in [-0.4, -0.2) is 16.3 Å². The Balaban J connectivity index is 2.21. The molecule has 0 spiro atoms. The molecular formula is C10H13N3O. The topological polar surface area (TPSA) is 58.1 Å². The fourth-order valence-corrected chi connectivity index (χ4v) is 2.12. The maximum Gasteiger partial charge on any atom is 0.240 e. The van der Waals surface area contributed by atoms with E-state index < -0.39 is 0 Å². The van der Waals surface area contributed by atoms with E-state index in [2.05, 4.69) is 15.2 Å². The van der Waals surface area contributed by atoms with E-state index >= 15 is 0 Å². The number of H-pyrrole nitrogens is 1. The van der Waals surface area contributed by atoms with Crippen LogP contribution in [0.15, 0.2) is 11.2 Å². The standard InChI is InChI=1S/C10H13N3O/c14-7-11-9-6-12-13-10(9)8-4-2-1-3-5-8/h6,8H,1-5H2,(H,12,13). The number of hydrogen-bond acceptors (Lipinski definition) is 3. The fourth-order valence-electron chi connectivity index (χ4n) is 2.12. The molecule has 0 atom stereocenters. The third-order valence-corrected chi connectivity index (χ3v) is 2.83. The highest BCUT2D eigenvalue weighted by Crippen LogP contribution is 2.35. The molecule has 0 unspecified atom stereocenters. The number of aliphatic imine (C=N–C) groups is 1. The van der Waals surface area contributed by atoms with Crippen molar-refractivity contribution >= 4 is 11.8 Å². The summed E-state index contributed by atoms with van der Waals surface area (Å²) >= 11 is 0. The van der Waals surface area contributed by atoms with Crippen LogP contribution in [0.25, 0.3) is 0 Å². The van der Waals surface area contributed by atoms with E-state index in [0.29, 0.717) is 11.6 Å². The van der Waals surface area contributed by atoms with Crippen molar-refractivity contribution in [3.8, 4) is 0 Å². The van der Waals surface area contributed by atoms with Crippen LogP contribution in [0.2, 0.25) is 0 Å². The molecule has 1 aliphatic rings. The molecule has 1 aromatic rings. The van der Waals surface area contributed by atoms with Gasteiger partial charge in [0, 0.05) is 5.92 Å². The van der Waals surface area contributed by atoms with Crippen LogP contribution < -0.4 is 0 Å². The average molecular weight is 191 g/mol. The molecule has 1 aliphatic carbocycles. The van der Waals surface area contributed by atoms with Crippen LogP contribution in [0, 0.1) is 0 Å². The summed E-state index contributed by atoms with van der Waals surface area (Å²) in [7, 11) is 0. The summed E-state index contributed by atoms with van der Waals surface area (Å²) in [5.74, 6) is 0.498. The second-order valence-electron chi connectivity index (χ2n) is 3.71. The van der Waals surface area contributed by atoms with E-state index in [1.165, 1.54) is 32.1 Å². The molecule has 1 fully saturated rings. The molecule has 1 aromatic heterocycles. The molecule has 2 rings (SSSR count). The van der Waals surface area contributed by atoms with Gasteiger partial charge in [0.15, 0.2) is 0 Å². The van der Waals surface area contributed by atoms with E-state index in [1.807, 2.05) is 0 Å². The summed E-state index contributed by atoms with van der Waals surface area (Å²) in [6.45, 7) is 0. The van der Waals surface area contributed by atoms with Gasteiger partial charge in [-0.15, -0.1) is 0 Å². The number of nitrogens with zero attached hydrogens (tertiary/aromatic N) is 2. The smallest absolute Gasteiger partial charge is 0.240 e. The predicted octanol–water partition coefficient (Wildman–Crippen LogP) is 2.42. The first-order valence-corrected chi connectivity index (χ1v) is 5.03. The molecule has 1 saturated carbocycles. The van der Waals surface area contributed by atoms with Gasteiger partial charge in [-0.05, 0) is 12.8 Å². The van der Waals surface area contributed by atoms with Gasteiger partial charge in [-0.1, -0.05) is 19.3 Å². The first-order valence-electron chi connectivity index (χ1n) is 5.03. The number of aromatic amines is 1. The quantitative estimate of drug-likeness (QED) is 0.576. The van der Waals surface area contributed by atoms with Gasteiger partial charge in [0.1, 0.15) is 5.69 Å². The minimum atomic E-state index is 0.498. The van der Waals surface area contributed by atoms with Gasteiger partial charge in [-0.25, -0.2) is 4.79 Å². The molecule has 0 bridgehead atoms. The highest BCUT2D eigenvalue weighted by molar-refractivity contribution is 5.51. The summed E-state index contributed by atoms with van der Waals surface area (Å²) in [5, 5.41) is 6.86. The molecule has 1 N–H and O–H groups in total. The third kappa shape index (κ3) is 1.75. The van der Waals surface area contributed by atoms with Crippen molar-refractivity contribution < 1.29 is 4.79 Å². The van der Waals surface area contributed by atoms with Crippen molar-refractivity contribution in [2.24, 2.45) is 4.99 Å². The SMILES string of the molecule is O=C=Nc1cn[nH]c1C1CCCCC1. The molecule has 4 heteroatoms. The van der Waals surface area contributed by atoms with Gasteiger partial charge >= 0.3 is 0 Å². The van der Waals surface area contributed by atoms with E-state index in [9.17, 15) is 4.79 Å². The van der Waals surface area contributed by atoms with Gasteiger partial charge in [0.2, 0.25) is 6.08 Å². The molecule has 0 radical (unpaired) electrons.